The lowest BCUT2D eigenvalue weighted by molar-refractivity contribution is 0.227. The van der Waals surface area contributed by atoms with Crippen molar-refractivity contribution >= 4 is 0 Å². The Morgan fingerprint density at radius 3 is 2.50 bits per heavy atom. The number of hydrogen-bond donors (Lipinski definition) is 1. The number of methoxy groups -OCH3 is 2. The van der Waals surface area contributed by atoms with Crippen LogP contribution in [0.15, 0.2) is 30.3 Å². The summed E-state index contributed by atoms with van der Waals surface area (Å²) in [6, 6.07) is 10.5. The molecule has 1 aliphatic rings. The van der Waals surface area contributed by atoms with E-state index in [2.05, 4.69) is 24.1 Å². The van der Waals surface area contributed by atoms with Crippen molar-refractivity contribution in [3.05, 3.63) is 52.6 Å². The molecule has 1 atom stereocenters. The SMILES string of the molecule is COc1ccc(CC2c3c(cc(OC)c(O)c3C)CCN2C)cc1. The Morgan fingerprint density at radius 1 is 1.17 bits per heavy atom. The van der Waals surface area contributed by atoms with Gasteiger partial charge in [-0.05, 0) is 67.3 Å². The Morgan fingerprint density at radius 2 is 1.88 bits per heavy atom. The third-order valence-corrected chi connectivity index (χ3v) is 5.05. The highest BCUT2D eigenvalue weighted by molar-refractivity contribution is 5.55. The average Bonchev–Trinajstić information content (AvgIpc) is 2.61. The molecule has 0 fully saturated rings. The summed E-state index contributed by atoms with van der Waals surface area (Å²) in [6.07, 6.45) is 1.88. The van der Waals surface area contributed by atoms with Gasteiger partial charge in [-0.3, -0.25) is 4.90 Å². The summed E-state index contributed by atoms with van der Waals surface area (Å²) in [7, 11) is 5.43. The molecule has 128 valence electrons. The third-order valence-electron chi connectivity index (χ3n) is 5.05. The second kappa shape index (κ2) is 6.73. The molecule has 0 aliphatic carbocycles. The maximum Gasteiger partial charge on any atom is 0.161 e. The van der Waals surface area contributed by atoms with E-state index in [0.717, 1.165) is 30.7 Å². The van der Waals surface area contributed by atoms with Gasteiger partial charge in [0.2, 0.25) is 0 Å². The first-order chi connectivity index (χ1) is 11.5. The summed E-state index contributed by atoms with van der Waals surface area (Å²) in [6.45, 7) is 2.98. The molecular weight excluding hydrogens is 302 g/mol. The number of likely N-dealkylation sites (N-methyl/N-ethyl adjacent to an activating group) is 1. The standard InChI is InChI=1S/C20H25NO3/c1-13-19-15(12-18(24-4)20(13)22)9-10-21(2)17(19)11-14-5-7-16(23-3)8-6-14/h5-8,12,17,22H,9-11H2,1-4H3. The van der Waals surface area contributed by atoms with Crippen LogP contribution in [-0.2, 0) is 12.8 Å². The Hall–Kier alpha value is -2.20. The molecule has 0 spiro atoms. The highest BCUT2D eigenvalue weighted by Gasteiger charge is 2.29. The lowest BCUT2D eigenvalue weighted by Crippen LogP contribution is -2.34. The molecule has 24 heavy (non-hydrogen) atoms. The van der Waals surface area contributed by atoms with E-state index in [4.69, 9.17) is 9.47 Å². The van der Waals surface area contributed by atoms with Crippen LogP contribution >= 0.6 is 0 Å². The number of benzene rings is 2. The molecule has 0 radical (unpaired) electrons. The third kappa shape index (κ3) is 2.94. The predicted octanol–water partition coefficient (Wildman–Crippen LogP) is 3.49. The van der Waals surface area contributed by atoms with E-state index >= 15 is 0 Å². The Kier molecular flexibility index (Phi) is 4.67. The fourth-order valence-electron chi connectivity index (χ4n) is 3.60. The molecule has 0 amide bonds. The first-order valence-electron chi connectivity index (χ1n) is 8.27. The Labute approximate surface area is 143 Å². The number of ether oxygens (including phenoxy) is 2. The molecule has 3 rings (SSSR count). The minimum atomic E-state index is 0.249. The molecule has 2 aromatic carbocycles. The Balaban J connectivity index is 1.98. The summed E-state index contributed by atoms with van der Waals surface area (Å²) < 4.78 is 10.6. The summed E-state index contributed by atoms with van der Waals surface area (Å²) in [4.78, 5) is 2.37. The molecular formula is C20H25NO3. The van der Waals surface area contributed by atoms with E-state index in [1.165, 1.54) is 16.7 Å². The normalized spacial score (nSPS) is 17.4. The monoisotopic (exact) mass is 327 g/mol. The van der Waals surface area contributed by atoms with Crippen LogP contribution in [0.1, 0.15) is 28.3 Å². The molecule has 1 unspecified atom stereocenters. The van der Waals surface area contributed by atoms with Crippen LogP contribution in [0.2, 0.25) is 0 Å². The average molecular weight is 327 g/mol. The van der Waals surface area contributed by atoms with Gasteiger partial charge in [-0.25, -0.2) is 0 Å². The molecule has 0 saturated heterocycles. The maximum atomic E-state index is 10.4. The molecule has 4 heteroatoms. The maximum absolute atomic E-state index is 10.4. The predicted molar refractivity (Wildman–Crippen MR) is 95.2 cm³/mol. The number of nitrogens with zero attached hydrogens (tertiary/aromatic N) is 1. The highest BCUT2D eigenvalue weighted by Crippen LogP contribution is 2.42. The van der Waals surface area contributed by atoms with Gasteiger partial charge in [-0.1, -0.05) is 12.1 Å². The minimum absolute atomic E-state index is 0.249. The van der Waals surface area contributed by atoms with Crippen molar-refractivity contribution < 1.29 is 14.6 Å². The highest BCUT2D eigenvalue weighted by atomic mass is 16.5. The molecule has 0 aromatic heterocycles. The fraction of sp³-hybridized carbons (Fsp3) is 0.400. The van der Waals surface area contributed by atoms with Crippen molar-refractivity contribution in [1.29, 1.82) is 0 Å². The molecule has 1 heterocycles. The van der Waals surface area contributed by atoms with Gasteiger partial charge in [0.25, 0.3) is 0 Å². The summed E-state index contributed by atoms with van der Waals surface area (Å²) in [5, 5.41) is 10.4. The zero-order valence-electron chi connectivity index (χ0n) is 14.8. The van der Waals surface area contributed by atoms with E-state index in [1.807, 2.05) is 25.1 Å². The van der Waals surface area contributed by atoms with Crippen molar-refractivity contribution in [2.45, 2.75) is 25.8 Å². The molecule has 2 aromatic rings. The van der Waals surface area contributed by atoms with Gasteiger partial charge in [0, 0.05) is 12.6 Å². The number of aromatic hydroxyl groups is 1. The number of phenols is 1. The van der Waals surface area contributed by atoms with E-state index < -0.39 is 0 Å². The van der Waals surface area contributed by atoms with Crippen molar-refractivity contribution in [3.8, 4) is 17.2 Å². The largest absolute Gasteiger partial charge is 0.504 e. The van der Waals surface area contributed by atoms with Crippen LogP contribution in [0.3, 0.4) is 0 Å². The number of rotatable bonds is 4. The lowest BCUT2D eigenvalue weighted by atomic mass is 9.85. The molecule has 0 bridgehead atoms. The van der Waals surface area contributed by atoms with Gasteiger partial charge in [0.15, 0.2) is 11.5 Å². The number of fused-ring (bicyclic) bond motifs is 1. The first-order valence-corrected chi connectivity index (χ1v) is 8.27. The van der Waals surface area contributed by atoms with Gasteiger partial charge in [0.1, 0.15) is 5.75 Å². The van der Waals surface area contributed by atoms with Crippen molar-refractivity contribution in [3.63, 3.8) is 0 Å². The van der Waals surface area contributed by atoms with Gasteiger partial charge in [0.05, 0.1) is 14.2 Å². The summed E-state index contributed by atoms with van der Waals surface area (Å²) in [5.41, 5.74) is 4.70. The van der Waals surface area contributed by atoms with Crippen LogP contribution in [0, 0.1) is 6.92 Å². The fourth-order valence-corrected chi connectivity index (χ4v) is 3.60. The molecule has 1 aliphatic heterocycles. The first kappa shape index (κ1) is 16.7. The van der Waals surface area contributed by atoms with Crippen molar-refractivity contribution in [1.82, 2.24) is 4.90 Å². The van der Waals surface area contributed by atoms with Gasteiger partial charge < -0.3 is 14.6 Å². The van der Waals surface area contributed by atoms with Crippen LogP contribution in [-0.4, -0.2) is 37.8 Å². The lowest BCUT2D eigenvalue weighted by Gasteiger charge is -2.36. The molecule has 0 saturated carbocycles. The smallest absolute Gasteiger partial charge is 0.161 e. The van der Waals surface area contributed by atoms with Crippen LogP contribution < -0.4 is 9.47 Å². The minimum Gasteiger partial charge on any atom is -0.504 e. The van der Waals surface area contributed by atoms with Gasteiger partial charge >= 0.3 is 0 Å². The summed E-state index contributed by atoms with van der Waals surface area (Å²) >= 11 is 0. The topological polar surface area (TPSA) is 41.9 Å². The molecule has 1 N–H and O–H groups in total. The quantitative estimate of drug-likeness (QED) is 0.933. The second-order valence-corrected chi connectivity index (χ2v) is 6.42. The van der Waals surface area contributed by atoms with Crippen LogP contribution in [0.25, 0.3) is 0 Å². The second-order valence-electron chi connectivity index (χ2n) is 6.42. The van der Waals surface area contributed by atoms with E-state index in [0.29, 0.717) is 5.75 Å². The number of phenolic OH excluding ortho intramolecular Hbond substituents is 1. The van der Waals surface area contributed by atoms with E-state index in [1.54, 1.807) is 14.2 Å². The van der Waals surface area contributed by atoms with E-state index in [9.17, 15) is 5.11 Å². The van der Waals surface area contributed by atoms with E-state index in [-0.39, 0.29) is 11.8 Å². The van der Waals surface area contributed by atoms with Gasteiger partial charge in [-0.2, -0.15) is 0 Å². The van der Waals surface area contributed by atoms with Gasteiger partial charge in [-0.15, -0.1) is 0 Å². The zero-order valence-corrected chi connectivity index (χ0v) is 14.8. The Bertz CT molecular complexity index is 725. The molecule has 4 nitrogen and oxygen atoms in total. The van der Waals surface area contributed by atoms with Crippen LogP contribution in [0.4, 0.5) is 0 Å². The van der Waals surface area contributed by atoms with Crippen molar-refractivity contribution in [2.24, 2.45) is 0 Å². The number of hydrogen-bond acceptors (Lipinski definition) is 4. The van der Waals surface area contributed by atoms with Crippen LogP contribution in [0.5, 0.6) is 17.2 Å². The zero-order chi connectivity index (χ0) is 17.3. The van der Waals surface area contributed by atoms with Crippen molar-refractivity contribution in [2.75, 3.05) is 27.8 Å². The summed E-state index contributed by atoms with van der Waals surface area (Å²) in [5.74, 6) is 1.69.